The lowest BCUT2D eigenvalue weighted by molar-refractivity contribution is 0.467. The predicted octanol–water partition coefficient (Wildman–Crippen LogP) is 3.61. The van der Waals surface area contributed by atoms with Gasteiger partial charge in [-0.2, -0.15) is 0 Å². The minimum atomic E-state index is -0.354. The lowest BCUT2D eigenvalue weighted by Gasteiger charge is -2.30. The second-order valence-electron chi connectivity index (χ2n) is 5.50. The standard InChI is InChI=1S/C17H19N2P/c1-3-8-15(9-4-1)19-14-16-10-7-13-18(16)20(19)17-11-5-2-6-12-17/h1-6,8-9,11-12,16H,7,10,13-14H2/t16-,20?/m0/s1. The lowest BCUT2D eigenvalue weighted by atomic mass is 10.2. The molecule has 3 heteroatoms. The van der Waals surface area contributed by atoms with E-state index in [-0.39, 0.29) is 8.22 Å². The summed E-state index contributed by atoms with van der Waals surface area (Å²) in [5.41, 5.74) is 1.37. The quantitative estimate of drug-likeness (QED) is 0.776. The van der Waals surface area contributed by atoms with Crippen molar-refractivity contribution in [2.45, 2.75) is 18.9 Å². The minimum Gasteiger partial charge on any atom is -0.333 e. The van der Waals surface area contributed by atoms with Crippen LogP contribution >= 0.6 is 8.22 Å². The summed E-state index contributed by atoms with van der Waals surface area (Å²) in [5, 5.41) is 1.48. The zero-order valence-electron chi connectivity index (χ0n) is 11.5. The number of hydrogen-bond donors (Lipinski definition) is 0. The first kappa shape index (κ1) is 12.4. The number of rotatable bonds is 2. The Hall–Kier alpha value is -1.37. The van der Waals surface area contributed by atoms with Gasteiger partial charge in [-0.3, -0.25) is 4.67 Å². The van der Waals surface area contributed by atoms with Crippen LogP contribution in [-0.4, -0.2) is 23.8 Å². The van der Waals surface area contributed by atoms with Crippen LogP contribution in [0, 0.1) is 0 Å². The highest BCUT2D eigenvalue weighted by atomic mass is 31.1. The fraction of sp³-hybridized carbons (Fsp3) is 0.294. The topological polar surface area (TPSA) is 6.48 Å². The van der Waals surface area contributed by atoms with Crippen molar-refractivity contribution < 1.29 is 0 Å². The highest BCUT2D eigenvalue weighted by Gasteiger charge is 2.43. The molecule has 2 atom stereocenters. The monoisotopic (exact) mass is 282 g/mol. The fourth-order valence-corrected chi connectivity index (χ4v) is 6.15. The van der Waals surface area contributed by atoms with Crippen LogP contribution in [0.2, 0.25) is 0 Å². The largest absolute Gasteiger partial charge is 0.333 e. The molecule has 0 amide bonds. The minimum absolute atomic E-state index is 0.354. The van der Waals surface area contributed by atoms with E-state index in [1.807, 2.05) is 0 Å². The van der Waals surface area contributed by atoms with Gasteiger partial charge in [0.2, 0.25) is 0 Å². The Morgan fingerprint density at radius 3 is 2.35 bits per heavy atom. The summed E-state index contributed by atoms with van der Waals surface area (Å²) in [6.45, 7) is 2.44. The van der Waals surface area contributed by atoms with Gasteiger partial charge in [0.05, 0.1) is 0 Å². The molecule has 0 radical (unpaired) electrons. The Labute approximate surface area is 121 Å². The lowest BCUT2D eigenvalue weighted by Crippen LogP contribution is -2.23. The Bertz CT molecular complexity index is 572. The van der Waals surface area contributed by atoms with Gasteiger partial charge in [-0.15, -0.1) is 0 Å². The van der Waals surface area contributed by atoms with Crippen molar-refractivity contribution in [3.8, 4) is 0 Å². The van der Waals surface area contributed by atoms with Crippen LogP contribution in [-0.2, 0) is 0 Å². The third-order valence-electron chi connectivity index (χ3n) is 4.24. The second kappa shape index (κ2) is 5.20. The molecule has 2 fully saturated rings. The SMILES string of the molecule is c1ccc(N2C[C@@H]3CCCN3P2c2ccccc2)cc1. The van der Waals surface area contributed by atoms with Crippen LogP contribution in [0.25, 0.3) is 0 Å². The van der Waals surface area contributed by atoms with E-state index in [4.69, 9.17) is 0 Å². The Kier molecular flexibility index (Phi) is 3.22. The first-order chi connectivity index (χ1) is 9.93. The fourth-order valence-electron chi connectivity index (χ4n) is 3.33. The van der Waals surface area contributed by atoms with Crippen LogP contribution in [0.4, 0.5) is 5.69 Å². The van der Waals surface area contributed by atoms with Crippen LogP contribution in [0.5, 0.6) is 0 Å². The molecule has 2 heterocycles. The number of hydrogen-bond acceptors (Lipinski definition) is 2. The van der Waals surface area contributed by atoms with Crippen molar-refractivity contribution in [2.75, 3.05) is 17.8 Å². The van der Waals surface area contributed by atoms with Crippen LogP contribution in [0.3, 0.4) is 0 Å². The molecule has 0 spiro atoms. The summed E-state index contributed by atoms with van der Waals surface area (Å²) < 4.78 is 5.38. The van der Waals surface area contributed by atoms with E-state index >= 15 is 0 Å². The summed E-state index contributed by atoms with van der Waals surface area (Å²) in [6.07, 6.45) is 2.72. The van der Waals surface area contributed by atoms with E-state index in [1.165, 1.54) is 36.9 Å². The third kappa shape index (κ3) is 2.04. The summed E-state index contributed by atoms with van der Waals surface area (Å²) in [6, 6.07) is 22.7. The van der Waals surface area contributed by atoms with Crippen molar-refractivity contribution in [2.24, 2.45) is 0 Å². The maximum absolute atomic E-state index is 2.75. The van der Waals surface area contributed by atoms with Crippen molar-refractivity contribution in [3.05, 3.63) is 60.7 Å². The van der Waals surface area contributed by atoms with Gasteiger partial charge in [0.25, 0.3) is 0 Å². The summed E-state index contributed by atoms with van der Waals surface area (Å²) in [5.74, 6) is 0. The van der Waals surface area contributed by atoms with Crippen molar-refractivity contribution in [3.63, 3.8) is 0 Å². The molecule has 0 N–H and O–H groups in total. The van der Waals surface area contributed by atoms with Crippen molar-refractivity contribution >= 4 is 19.2 Å². The molecule has 0 aromatic heterocycles. The van der Waals surface area contributed by atoms with Crippen LogP contribution < -0.4 is 9.97 Å². The second-order valence-corrected chi connectivity index (χ2v) is 7.59. The average molecular weight is 282 g/mol. The molecule has 4 rings (SSSR count). The molecule has 2 aromatic carbocycles. The molecule has 2 nitrogen and oxygen atoms in total. The first-order valence-electron chi connectivity index (χ1n) is 7.38. The molecular formula is C17H19N2P. The zero-order chi connectivity index (χ0) is 13.4. The maximum atomic E-state index is 2.75. The first-order valence-corrected chi connectivity index (χ1v) is 8.62. The Morgan fingerprint density at radius 2 is 1.60 bits per heavy atom. The summed E-state index contributed by atoms with van der Waals surface area (Å²) in [7, 11) is -0.354. The molecular weight excluding hydrogens is 263 g/mol. The molecule has 0 saturated carbocycles. The smallest absolute Gasteiger partial charge is 0.101 e. The van der Waals surface area contributed by atoms with Gasteiger partial charge in [0.1, 0.15) is 8.22 Å². The number of para-hydroxylation sites is 1. The molecule has 2 aliphatic heterocycles. The molecule has 102 valence electrons. The Morgan fingerprint density at radius 1 is 0.900 bits per heavy atom. The van der Waals surface area contributed by atoms with Gasteiger partial charge < -0.3 is 4.67 Å². The summed E-state index contributed by atoms with van der Waals surface area (Å²) >= 11 is 0. The third-order valence-corrected chi connectivity index (χ3v) is 6.87. The van der Waals surface area contributed by atoms with Crippen LogP contribution in [0.1, 0.15) is 12.8 Å². The van der Waals surface area contributed by atoms with E-state index in [1.54, 1.807) is 0 Å². The van der Waals surface area contributed by atoms with E-state index in [0.717, 1.165) is 6.04 Å². The normalized spacial score (nSPS) is 25.9. The molecule has 1 unspecified atom stereocenters. The van der Waals surface area contributed by atoms with Crippen molar-refractivity contribution in [1.82, 2.24) is 4.67 Å². The Balaban J connectivity index is 1.74. The molecule has 20 heavy (non-hydrogen) atoms. The number of anilines is 1. The number of benzene rings is 2. The van der Waals surface area contributed by atoms with Gasteiger partial charge in [-0.25, -0.2) is 0 Å². The van der Waals surface area contributed by atoms with E-state index in [0.29, 0.717) is 0 Å². The van der Waals surface area contributed by atoms with E-state index in [9.17, 15) is 0 Å². The average Bonchev–Trinajstić information content (AvgIpc) is 3.09. The van der Waals surface area contributed by atoms with E-state index in [2.05, 4.69) is 70.0 Å². The predicted molar refractivity (Wildman–Crippen MR) is 86.5 cm³/mol. The highest BCUT2D eigenvalue weighted by Crippen LogP contribution is 2.55. The molecule has 2 saturated heterocycles. The number of nitrogens with zero attached hydrogens (tertiary/aromatic N) is 2. The molecule has 0 bridgehead atoms. The number of fused-ring (bicyclic) bond motifs is 1. The highest BCUT2D eigenvalue weighted by molar-refractivity contribution is 7.65. The van der Waals surface area contributed by atoms with Gasteiger partial charge in [0.15, 0.2) is 0 Å². The van der Waals surface area contributed by atoms with E-state index < -0.39 is 0 Å². The van der Waals surface area contributed by atoms with Crippen LogP contribution in [0.15, 0.2) is 60.7 Å². The van der Waals surface area contributed by atoms with Gasteiger partial charge >= 0.3 is 0 Å². The molecule has 2 aliphatic rings. The molecule has 2 aromatic rings. The summed E-state index contributed by atoms with van der Waals surface area (Å²) in [4.78, 5) is 0. The maximum Gasteiger partial charge on any atom is 0.101 e. The van der Waals surface area contributed by atoms with Gasteiger partial charge in [-0.05, 0) is 25.0 Å². The van der Waals surface area contributed by atoms with Crippen molar-refractivity contribution in [1.29, 1.82) is 0 Å². The zero-order valence-corrected chi connectivity index (χ0v) is 12.4. The van der Waals surface area contributed by atoms with Gasteiger partial charge in [0, 0.05) is 30.1 Å². The van der Waals surface area contributed by atoms with Gasteiger partial charge in [-0.1, -0.05) is 48.5 Å². The molecule has 0 aliphatic carbocycles.